The largest absolute Gasteiger partial charge is 0.486 e. The monoisotopic (exact) mass is 310 g/mol. The second kappa shape index (κ2) is 6.08. The van der Waals surface area contributed by atoms with E-state index in [9.17, 15) is 4.79 Å². The third-order valence-electron chi connectivity index (χ3n) is 3.64. The van der Waals surface area contributed by atoms with Gasteiger partial charge in [-0.25, -0.2) is 0 Å². The number of pyridine rings is 2. The second-order valence-electron chi connectivity index (χ2n) is 5.42. The van der Waals surface area contributed by atoms with E-state index in [1.54, 1.807) is 46.9 Å². The molecule has 0 N–H and O–H groups in total. The summed E-state index contributed by atoms with van der Waals surface area (Å²) < 4.78 is 9.17. The first-order valence-electron chi connectivity index (χ1n) is 7.31. The van der Waals surface area contributed by atoms with Crippen molar-refractivity contribution in [2.75, 3.05) is 0 Å². The van der Waals surface area contributed by atoms with Gasteiger partial charge in [0.2, 0.25) is 0 Å². The van der Waals surface area contributed by atoms with Crippen LogP contribution in [0.3, 0.4) is 0 Å². The van der Waals surface area contributed by atoms with Crippen LogP contribution in [0.4, 0.5) is 0 Å². The Hall–Kier alpha value is -2.89. The third-order valence-corrected chi connectivity index (χ3v) is 3.64. The summed E-state index contributed by atoms with van der Waals surface area (Å²) in [5, 5.41) is 4.27. The molecule has 0 aliphatic carbocycles. The van der Waals surface area contributed by atoms with Crippen molar-refractivity contribution in [1.82, 2.24) is 19.3 Å². The number of nitrogens with zero attached hydrogens (tertiary/aromatic N) is 4. The van der Waals surface area contributed by atoms with Crippen molar-refractivity contribution in [1.29, 1.82) is 0 Å². The molecule has 0 aliphatic heterocycles. The number of hydrogen-bond donors (Lipinski definition) is 0. The fourth-order valence-corrected chi connectivity index (χ4v) is 2.49. The fraction of sp³-hybridized carbons (Fsp3) is 0.235. The number of hydrogen-bond acceptors (Lipinski definition) is 4. The van der Waals surface area contributed by atoms with Gasteiger partial charge in [-0.2, -0.15) is 5.10 Å². The van der Waals surface area contributed by atoms with Gasteiger partial charge < -0.3 is 4.74 Å². The van der Waals surface area contributed by atoms with Crippen molar-refractivity contribution in [3.63, 3.8) is 0 Å². The lowest BCUT2D eigenvalue weighted by Gasteiger charge is -2.14. The smallest absolute Gasteiger partial charge is 0.261 e. The first kappa shape index (κ1) is 15.0. The Balaban J connectivity index is 1.93. The maximum atomic E-state index is 12.6. The summed E-state index contributed by atoms with van der Waals surface area (Å²) in [6, 6.07) is 5.49. The molecule has 3 heterocycles. The van der Waals surface area contributed by atoms with Gasteiger partial charge in [0.05, 0.1) is 16.9 Å². The molecule has 0 aliphatic rings. The van der Waals surface area contributed by atoms with Crippen LogP contribution < -0.4 is 10.3 Å². The van der Waals surface area contributed by atoms with E-state index < -0.39 is 0 Å². The molecular weight excluding hydrogens is 292 g/mol. The number of aromatic nitrogens is 4. The Morgan fingerprint density at radius 2 is 1.91 bits per heavy atom. The quantitative estimate of drug-likeness (QED) is 0.741. The highest BCUT2D eigenvalue weighted by Gasteiger charge is 2.13. The molecule has 0 fully saturated rings. The van der Waals surface area contributed by atoms with Crippen LogP contribution in [-0.2, 0) is 13.7 Å². The van der Waals surface area contributed by atoms with E-state index in [-0.39, 0.29) is 5.56 Å². The molecule has 3 aromatic rings. The predicted octanol–water partition coefficient (Wildman–Crippen LogP) is 2.16. The van der Waals surface area contributed by atoms with Crippen LogP contribution in [0.5, 0.6) is 5.75 Å². The summed E-state index contributed by atoms with van der Waals surface area (Å²) in [5.74, 6) is 0.617. The van der Waals surface area contributed by atoms with Crippen LogP contribution in [0.1, 0.15) is 16.8 Å². The Bertz CT molecular complexity index is 881. The Morgan fingerprint density at radius 1 is 1.17 bits per heavy atom. The minimum Gasteiger partial charge on any atom is -0.486 e. The third kappa shape index (κ3) is 3.01. The van der Waals surface area contributed by atoms with Crippen molar-refractivity contribution < 1.29 is 4.74 Å². The molecule has 3 aromatic heterocycles. The highest BCUT2D eigenvalue weighted by molar-refractivity contribution is 5.41. The van der Waals surface area contributed by atoms with Crippen LogP contribution >= 0.6 is 0 Å². The summed E-state index contributed by atoms with van der Waals surface area (Å²) in [4.78, 5) is 16.6. The molecule has 0 radical (unpaired) electrons. The van der Waals surface area contributed by atoms with Gasteiger partial charge in [-0.3, -0.25) is 19.0 Å². The minimum absolute atomic E-state index is 0.0992. The Labute approximate surface area is 134 Å². The lowest BCUT2D eigenvalue weighted by Crippen LogP contribution is -2.22. The summed E-state index contributed by atoms with van der Waals surface area (Å²) in [6.45, 7) is 4.04. The molecule has 0 spiro atoms. The zero-order chi connectivity index (χ0) is 16.4. The molecule has 0 amide bonds. The highest BCUT2D eigenvalue weighted by Crippen LogP contribution is 2.22. The second-order valence-corrected chi connectivity index (χ2v) is 5.42. The zero-order valence-electron chi connectivity index (χ0n) is 13.4. The number of aryl methyl sites for hydroxylation is 2. The molecule has 0 bridgehead atoms. The summed E-state index contributed by atoms with van der Waals surface area (Å²) in [6.07, 6.45) is 6.98. The van der Waals surface area contributed by atoms with Crippen molar-refractivity contribution >= 4 is 0 Å². The van der Waals surface area contributed by atoms with Gasteiger partial charge in [0.15, 0.2) is 0 Å². The first-order valence-corrected chi connectivity index (χ1v) is 7.31. The predicted molar refractivity (Wildman–Crippen MR) is 86.8 cm³/mol. The van der Waals surface area contributed by atoms with Crippen LogP contribution in [-0.4, -0.2) is 19.3 Å². The van der Waals surface area contributed by atoms with Crippen LogP contribution in [0.2, 0.25) is 0 Å². The molecule has 6 nitrogen and oxygen atoms in total. The fourth-order valence-electron chi connectivity index (χ4n) is 2.49. The molecule has 118 valence electrons. The molecule has 0 aromatic carbocycles. The van der Waals surface area contributed by atoms with E-state index in [2.05, 4.69) is 10.1 Å². The number of rotatable bonds is 4. The van der Waals surface area contributed by atoms with Gasteiger partial charge in [-0.1, -0.05) is 0 Å². The maximum Gasteiger partial charge on any atom is 0.261 e. The molecule has 23 heavy (non-hydrogen) atoms. The van der Waals surface area contributed by atoms with E-state index in [4.69, 9.17) is 4.74 Å². The topological polar surface area (TPSA) is 61.9 Å². The average molecular weight is 310 g/mol. The van der Waals surface area contributed by atoms with E-state index in [1.165, 1.54) is 0 Å². The summed E-state index contributed by atoms with van der Waals surface area (Å²) in [5.41, 5.74) is 2.99. The Morgan fingerprint density at radius 3 is 2.57 bits per heavy atom. The highest BCUT2D eigenvalue weighted by atomic mass is 16.5. The van der Waals surface area contributed by atoms with E-state index in [1.807, 2.05) is 26.2 Å². The van der Waals surface area contributed by atoms with E-state index >= 15 is 0 Å². The zero-order valence-corrected chi connectivity index (χ0v) is 13.4. The van der Waals surface area contributed by atoms with Gasteiger partial charge >= 0.3 is 0 Å². The first-order chi connectivity index (χ1) is 11.1. The van der Waals surface area contributed by atoms with E-state index in [0.29, 0.717) is 17.9 Å². The SMILES string of the molecule is Cc1cn(-c2ccncc2)c(=O)c(C)c1OCc1ccn(C)n1. The standard InChI is InChI=1S/C17H18N4O2/c1-12-10-21(15-4-7-18-8-5-15)17(22)13(2)16(12)23-11-14-6-9-20(3)19-14/h4-10H,11H2,1-3H3. The molecule has 3 rings (SSSR count). The lowest BCUT2D eigenvalue weighted by atomic mass is 10.2. The van der Waals surface area contributed by atoms with Gasteiger partial charge in [-0.05, 0) is 32.0 Å². The van der Waals surface area contributed by atoms with Crippen LogP contribution in [0.25, 0.3) is 5.69 Å². The molecule has 6 heteroatoms. The van der Waals surface area contributed by atoms with Crippen molar-refractivity contribution in [2.45, 2.75) is 20.5 Å². The van der Waals surface area contributed by atoms with Gasteiger partial charge in [0.25, 0.3) is 5.56 Å². The van der Waals surface area contributed by atoms with Gasteiger partial charge in [0.1, 0.15) is 12.4 Å². The number of ether oxygens (including phenoxy) is 1. The van der Waals surface area contributed by atoms with Crippen molar-refractivity contribution in [2.24, 2.45) is 7.05 Å². The minimum atomic E-state index is -0.0992. The van der Waals surface area contributed by atoms with Crippen molar-refractivity contribution in [3.8, 4) is 11.4 Å². The van der Waals surface area contributed by atoms with Gasteiger partial charge in [0, 0.05) is 37.4 Å². The van der Waals surface area contributed by atoms with Crippen molar-refractivity contribution in [3.05, 3.63) is 70.2 Å². The van der Waals surface area contributed by atoms with Crippen LogP contribution in [0.15, 0.2) is 47.8 Å². The lowest BCUT2D eigenvalue weighted by molar-refractivity contribution is 0.294. The summed E-state index contributed by atoms with van der Waals surface area (Å²) >= 11 is 0. The average Bonchev–Trinajstić information content (AvgIpc) is 2.97. The Kier molecular flexibility index (Phi) is 3.97. The van der Waals surface area contributed by atoms with Crippen LogP contribution in [0, 0.1) is 13.8 Å². The normalized spacial score (nSPS) is 10.7. The molecular formula is C17H18N4O2. The molecule has 0 saturated heterocycles. The van der Waals surface area contributed by atoms with Gasteiger partial charge in [-0.15, -0.1) is 0 Å². The molecule has 0 atom stereocenters. The molecule has 0 unspecified atom stereocenters. The van der Waals surface area contributed by atoms with E-state index in [0.717, 1.165) is 16.9 Å². The maximum absolute atomic E-state index is 12.6. The summed E-state index contributed by atoms with van der Waals surface area (Å²) in [7, 11) is 1.86. The molecule has 0 saturated carbocycles.